The highest BCUT2D eigenvalue weighted by atomic mass is 35.5. The van der Waals surface area contributed by atoms with Crippen molar-refractivity contribution in [2.45, 2.75) is 12.2 Å². The van der Waals surface area contributed by atoms with E-state index >= 15 is 0 Å². The van der Waals surface area contributed by atoms with Crippen molar-refractivity contribution in [1.82, 2.24) is 9.97 Å². The van der Waals surface area contributed by atoms with E-state index in [1.54, 1.807) is 0 Å². The standard InChI is InChI=1S/C7H7ClN4O2/c8-4-2-11-5(7(10)12-4)6(14)3(13)1-9/h2-3,6,13-14H,(H2,10,12). The number of aliphatic hydroxyl groups is 2. The monoisotopic (exact) mass is 214 g/mol. The Morgan fingerprint density at radius 1 is 1.57 bits per heavy atom. The quantitative estimate of drug-likeness (QED) is 0.579. The smallest absolute Gasteiger partial charge is 0.172 e. The van der Waals surface area contributed by atoms with Crippen molar-refractivity contribution in [2.75, 3.05) is 5.73 Å². The molecular weight excluding hydrogens is 208 g/mol. The van der Waals surface area contributed by atoms with Gasteiger partial charge in [0.2, 0.25) is 0 Å². The molecule has 0 spiro atoms. The number of nitrogen functional groups attached to an aromatic ring is 1. The molecule has 4 N–H and O–H groups in total. The van der Waals surface area contributed by atoms with Crippen LogP contribution < -0.4 is 5.73 Å². The molecule has 0 fully saturated rings. The predicted molar refractivity (Wildman–Crippen MR) is 48.0 cm³/mol. The number of rotatable bonds is 2. The molecular formula is C7H7ClN4O2. The van der Waals surface area contributed by atoms with E-state index in [1.165, 1.54) is 12.3 Å². The van der Waals surface area contributed by atoms with Crippen LogP contribution in [0.1, 0.15) is 11.8 Å². The van der Waals surface area contributed by atoms with Crippen LogP contribution in [0.5, 0.6) is 0 Å². The maximum absolute atomic E-state index is 9.36. The summed E-state index contributed by atoms with van der Waals surface area (Å²) in [5, 5.41) is 26.8. The summed E-state index contributed by atoms with van der Waals surface area (Å²) in [7, 11) is 0. The molecule has 0 radical (unpaired) electrons. The van der Waals surface area contributed by atoms with E-state index in [0.29, 0.717) is 0 Å². The zero-order valence-corrected chi connectivity index (χ0v) is 7.68. The molecule has 0 aliphatic carbocycles. The number of halogens is 1. The third-order valence-corrected chi connectivity index (χ3v) is 1.69. The van der Waals surface area contributed by atoms with Crippen LogP contribution in [0, 0.1) is 11.3 Å². The van der Waals surface area contributed by atoms with Gasteiger partial charge < -0.3 is 15.9 Å². The fourth-order valence-electron chi connectivity index (χ4n) is 0.838. The number of hydrogen-bond donors (Lipinski definition) is 3. The number of nitriles is 1. The minimum Gasteiger partial charge on any atom is -0.383 e. The van der Waals surface area contributed by atoms with Crippen molar-refractivity contribution >= 4 is 17.4 Å². The molecule has 1 heterocycles. The highest BCUT2D eigenvalue weighted by Crippen LogP contribution is 2.20. The molecule has 1 rings (SSSR count). The second-order valence-corrected chi connectivity index (χ2v) is 2.87. The lowest BCUT2D eigenvalue weighted by Crippen LogP contribution is -2.19. The molecule has 0 aromatic carbocycles. The summed E-state index contributed by atoms with van der Waals surface area (Å²) < 4.78 is 0. The molecule has 1 aromatic heterocycles. The van der Waals surface area contributed by atoms with Crippen LogP contribution >= 0.6 is 11.6 Å². The molecule has 2 unspecified atom stereocenters. The largest absolute Gasteiger partial charge is 0.383 e. The van der Waals surface area contributed by atoms with Gasteiger partial charge in [-0.2, -0.15) is 5.26 Å². The molecule has 2 atom stereocenters. The number of anilines is 1. The minimum atomic E-state index is -1.59. The number of nitrogens with zero attached hydrogens (tertiary/aromatic N) is 3. The topological polar surface area (TPSA) is 116 Å². The fourth-order valence-corrected chi connectivity index (χ4v) is 0.978. The van der Waals surface area contributed by atoms with Gasteiger partial charge in [-0.1, -0.05) is 11.6 Å². The second kappa shape index (κ2) is 4.19. The van der Waals surface area contributed by atoms with Gasteiger partial charge in [0.15, 0.2) is 6.10 Å². The molecule has 0 saturated heterocycles. The lowest BCUT2D eigenvalue weighted by Gasteiger charge is -2.12. The lowest BCUT2D eigenvalue weighted by molar-refractivity contribution is 0.0502. The van der Waals surface area contributed by atoms with Crippen LogP contribution in [0.3, 0.4) is 0 Å². The molecule has 14 heavy (non-hydrogen) atoms. The molecule has 0 saturated carbocycles. The summed E-state index contributed by atoms with van der Waals surface area (Å²) in [6.07, 6.45) is -1.90. The zero-order valence-electron chi connectivity index (χ0n) is 6.92. The molecule has 0 aliphatic heterocycles. The van der Waals surface area contributed by atoms with Gasteiger partial charge in [-0.15, -0.1) is 0 Å². The van der Waals surface area contributed by atoms with Crippen molar-refractivity contribution in [2.24, 2.45) is 0 Å². The Balaban J connectivity index is 3.03. The van der Waals surface area contributed by atoms with Gasteiger partial charge in [-0.3, -0.25) is 4.98 Å². The molecule has 0 bridgehead atoms. The van der Waals surface area contributed by atoms with Crippen molar-refractivity contribution in [1.29, 1.82) is 5.26 Å². The van der Waals surface area contributed by atoms with Crippen LogP contribution in [-0.4, -0.2) is 26.3 Å². The first kappa shape index (κ1) is 10.7. The Labute approximate surface area is 84.6 Å². The van der Waals surface area contributed by atoms with Crippen molar-refractivity contribution in [3.8, 4) is 6.07 Å². The first-order valence-corrected chi connectivity index (χ1v) is 3.97. The van der Waals surface area contributed by atoms with Gasteiger partial charge in [0.05, 0.1) is 12.3 Å². The van der Waals surface area contributed by atoms with E-state index in [2.05, 4.69) is 9.97 Å². The average Bonchev–Trinajstić information content (AvgIpc) is 2.15. The SMILES string of the molecule is N#CC(O)C(O)c1ncc(Cl)nc1N. The molecule has 1 aromatic rings. The van der Waals surface area contributed by atoms with Crippen LogP contribution in [0.15, 0.2) is 6.20 Å². The van der Waals surface area contributed by atoms with E-state index in [0.717, 1.165) is 0 Å². The average molecular weight is 215 g/mol. The first-order chi connectivity index (χ1) is 6.56. The Morgan fingerprint density at radius 2 is 2.21 bits per heavy atom. The summed E-state index contributed by atoms with van der Waals surface area (Å²) in [6, 6.07) is 1.45. The van der Waals surface area contributed by atoms with Gasteiger partial charge in [-0.05, 0) is 0 Å². The van der Waals surface area contributed by atoms with E-state index in [4.69, 9.17) is 27.7 Å². The highest BCUT2D eigenvalue weighted by molar-refractivity contribution is 6.29. The summed E-state index contributed by atoms with van der Waals surface area (Å²) in [6.45, 7) is 0. The second-order valence-electron chi connectivity index (χ2n) is 2.48. The number of aromatic nitrogens is 2. The number of hydrogen-bond acceptors (Lipinski definition) is 6. The van der Waals surface area contributed by atoms with Gasteiger partial charge in [0.25, 0.3) is 0 Å². The first-order valence-electron chi connectivity index (χ1n) is 3.60. The Hall–Kier alpha value is -1.42. The van der Waals surface area contributed by atoms with E-state index < -0.39 is 12.2 Å². The number of nitrogens with two attached hydrogens (primary N) is 1. The number of aliphatic hydroxyl groups excluding tert-OH is 2. The van der Waals surface area contributed by atoms with Crippen LogP contribution in [0.25, 0.3) is 0 Å². The third-order valence-electron chi connectivity index (χ3n) is 1.51. The summed E-state index contributed by atoms with van der Waals surface area (Å²) in [5.74, 6) is -0.112. The van der Waals surface area contributed by atoms with Gasteiger partial charge in [0.1, 0.15) is 22.8 Å². The normalized spacial score (nSPS) is 14.4. The predicted octanol–water partition coefficient (Wildman–Crippen LogP) is -0.370. The lowest BCUT2D eigenvalue weighted by atomic mass is 10.1. The zero-order chi connectivity index (χ0) is 10.7. The maximum Gasteiger partial charge on any atom is 0.172 e. The summed E-state index contributed by atoms with van der Waals surface area (Å²) in [5.41, 5.74) is 5.31. The maximum atomic E-state index is 9.36. The van der Waals surface area contributed by atoms with Crippen LogP contribution in [0.4, 0.5) is 5.82 Å². The molecule has 74 valence electrons. The van der Waals surface area contributed by atoms with E-state index in [9.17, 15) is 5.11 Å². The minimum absolute atomic E-state index is 0.0662. The van der Waals surface area contributed by atoms with Gasteiger partial charge in [-0.25, -0.2) is 4.98 Å². The fraction of sp³-hybridized carbons (Fsp3) is 0.286. The van der Waals surface area contributed by atoms with Crippen LogP contribution in [0.2, 0.25) is 5.15 Å². The van der Waals surface area contributed by atoms with Crippen molar-refractivity contribution in [3.05, 3.63) is 17.0 Å². The molecule has 7 heteroatoms. The molecule has 0 amide bonds. The Bertz CT molecular complexity index is 378. The molecule has 0 aliphatic rings. The Morgan fingerprint density at radius 3 is 2.71 bits per heavy atom. The van der Waals surface area contributed by atoms with Gasteiger partial charge in [0, 0.05) is 0 Å². The van der Waals surface area contributed by atoms with Crippen LogP contribution in [-0.2, 0) is 0 Å². The Kier molecular flexibility index (Phi) is 3.19. The van der Waals surface area contributed by atoms with Gasteiger partial charge >= 0.3 is 0 Å². The summed E-state index contributed by atoms with van der Waals surface area (Å²) in [4.78, 5) is 7.28. The summed E-state index contributed by atoms with van der Waals surface area (Å²) >= 11 is 5.47. The van der Waals surface area contributed by atoms with E-state index in [1.807, 2.05) is 0 Å². The highest BCUT2D eigenvalue weighted by Gasteiger charge is 2.22. The van der Waals surface area contributed by atoms with E-state index in [-0.39, 0.29) is 16.7 Å². The van der Waals surface area contributed by atoms with Crippen molar-refractivity contribution < 1.29 is 10.2 Å². The van der Waals surface area contributed by atoms with Crippen molar-refractivity contribution in [3.63, 3.8) is 0 Å². The molecule has 6 nitrogen and oxygen atoms in total. The third kappa shape index (κ3) is 2.09.